The highest BCUT2D eigenvalue weighted by atomic mass is 32.1. The molecule has 0 saturated heterocycles. The lowest BCUT2D eigenvalue weighted by Crippen LogP contribution is -2.22. The fraction of sp³-hybridized carbons (Fsp3) is 0.355. The van der Waals surface area contributed by atoms with Crippen molar-refractivity contribution >= 4 is 11.5 Å². The van der Waals surface area contributed by atoms with Crippen molar-refractivity contribution in [1.82, 2.24) is 9.36 Å². The maximum absolute atomic E-state index is 11.4. The second kappa shape index (κ2) is 12.5. The minimum Gasteiger partial charge on any atom is -0.486 e. The quantitative estimate of drug-likeness (QED) is 0.229. The van der Waals surface area contributed by atoms with Gasteiger partial charge in [-0.15, -0.1) is 0 Å². The summed E-state index contributed by atoms with van der Waals surface area (Å²) in [6.07, 6.45) is 2.18. The number of hydrogen-bond donors (Lipinski definition) is 2. The molecule has 2 N–H and O–H groups in total. The average molecular weight is 549 g/mol. The molecule has 8 heteroatoms. The third-order valence-corrected chi connectivity index (χ3v) is 7.19. The van der Waals surface area contributed by atoms with E-state index in [1.165, 1.54) is 11.5 Å². The number of hydrogen-bond acceptors (Lipinski definition) is 7. The predicted octanol–water partition coefficient (Wildman–Crippen LogP) is 7.23. The van der Waals surface area contributed by atoms with Gasteiger partial charge in [0, 0.05) is 24.1 Å². The third kappa shape index (κ3) is 7.28. The Morgan fingerprint density at radius 3 is 2.51 bits per heavy atom. The van der Waals surface area contributed by atoms with E-state index < -0.39 is 5.60 Å². The maximum Gasteiger partial charge on any atom is 0.258 e. The van der Waals surface area contributed by atoms with Crippen LogP contribution >= 0.6 is 11.5 Å². The number of rotatable bonds is 9. The van der Waals surface area contributed by atoms with Crippen molar-refractivity contribution in [2.24, 2.45) is 0 Å². The molecule has 0 spiro atoms. The number of H-pyrrole nitrogens is 1. The molecule has 4 aromatic rings. The molecule has 2 heterocycles. The summed E-state index contributed by atoms with van der Waals surface area (Å²) >= 11 is 1.33. The molecule has 0 bridgehead atoms. The summed E-state index contributed by atoms with van der Waals surface area (Å²) in [5.41, 5.74) is 3.13. The minimum atomic E-state index is -0.775. The predicted molar refractivity (Wildman–Crippen MR) is 155 cm³/mol. The molecule has 2 aromatic carbocycles. The lowest BCUT2D eigenvalue weighted by atomic mass is 10.1. The van der Waals surface area contributed by atoms with Gasteiger partial charge in [0.1, 0.15) is 23.4 Å². The average Bonchev–Trinajstić information content (AvgIpc) is 3.53. The highest BCUT2D eigenvalue weighted by Gasteiger charge is 2.27. The van der Waals surface area contributed by atoms with Crippen LogP contribution in [0.25, 0.3) is 10.4 Å². The first-order valence-corrected chi connectivity index (χ1v) is 14.1. The van der Waals surface area contributed by atoms with Crippen molar-refractivity contribution in [2.45, 2.75) is 65.6 Å². The Morgan fingerprint density at radius 2 is 1.85 bits per heavy atom. The Kier molecular flexibility index (Phi) is 9.09. The van der Waals surface area contributed by atoms with Crippen LogP contribution in [0.15, 0.2) is 65.5 Å². The molecular formula is C31H36N2O5S. The first-order chi connectivity index (χ1) is 18.7. The summed E-state index contributed by atoms with van der Waals surface area (Å²) in [7, 11) is 0. The number of aliphatic hydroxyl groups is 1. The van der Waals surface area contributed by atoms with Gasteiger partial charge in [-0.3, -0.25) is 9.17 Å². The summed E-state index contributed by atoms with van der Waals surface area (Å²) in [4.78, 5) is 16.8. The molecule has 5 rings (SSSR count). The zero-order valence-corrected chi connectivity index (χ0v) is 23.9. The lowest BCUT2D eigenvalue weighted by Gasteiger charge is -2.17. The Morgan fingerprint density at radius 1 is 1.08 bits per heavy atom. The third-order valence-electron chi connectivity index (χ3n) is 6.31. The Balaban J connectivity index is 0.00000172. The Bertz CT molecular complexity index is 1440. The fourth-order valence-corrected chi connectivity index (χ4v) is 5.02. The number of ether oxygens (including phenoxy) is 3. The first kappa shape index (κ1) is 28.4. The van der Waals surface area contributed by atoms with E-state index in [1.807, 2.05) is 63.2 Å². The zero-order chi connectivity index (χ0) is 28.0. The van der Waals surface area contributed by atoms with Crippen molar-refractivity contribution < 1.29 is 19.3 Å². The number of nitrogens with one attached hydrogen (secondary N) is 1. The molecule has 0 radical (unpaired) electrons. The smallest absolute Gasteiger partial charge is 0.258 e. The van der Waals surface area contributed by atoms with Crippen LogP contribution in [0.5, 0.6) is 23.1 Å². The number of aromatic nitrogens is 2. The van der Waals surface area contributed by atoms with Gasteiger partial charge in [0.25, 0.3) is 5.56 Å². The van der Waals surface area contributed by atoms with Gasteiger partial charge in [0.15, 0.2) is 0 Å². The van der Waals surface area contributed by atoms with Crippen LogP contribution in [-0.2, 0) is 6.42 Å². The summed E-state index contributed by atoms with van der Waals surface area (Å²) in [6, 6.07) is 19.1. The number of nitrogens with zero attached hydrogens (tertiary/aromatic N) is 1. The molecule has 1 aliphatic carbocycles. The van der Waals surface area contributed by atoms with Gasteiger partial charge < -0.3 is 19.3 Å². The molecule has 0 aliphatic heterocycles. The van der Waals surface area contributed by atoms with Crippen LogP contribution < -0.4 is 19.8 Å². The molecule has 7 nitrogen and oxygen atoms in total. The molecule has 1 unspecified atom stereocenters. The van der Waals surface area contributed by atoms with E-state index in [4.69, 9.17) is 14.2 Å². The van der Waals surface area contributed by atoms with E-state index in [9.17, 15) is 9.90 Å². The number of benzene rings is 2. The van der Waals surface area contributed by atoms with Crippen molar-refractivity contribution in [3.63, 3.8) is 0 Å². The number of fused-ring (bicyclic) bond motifs is 1. The highest BCUT2D eigenvalue weighted by molar-refractivity contribution is 7.09. The summed E-state index contributed by atoms with van der Waals surface area (Å²) in [6.45, 7) is 9.79. The normalized spacial score (nSPS) is 14.3. The topological polar surface area (TPSA) is 93.7 Å². The molecule has 0 amide bonds. The number of pyridine rings is 1. The van der Waals surface area contributed by atoms with Gasteiger partial charge in [0.2, 0.25) is 5.88 Å². The van der Waals surface area contributed by atoms with Crippen LogP contribution in [0.4, 0.5) is 0 Å². The van der Waals surface area contributed by atoms with Gasteiger partial charge in [0.05, 0.1) is 22.8 Å². The molecule has 39 heavy (non-hydrogen) atoms. The van der Waals surface area contributed by atoms with Gasteiger partial charge >= 0.3 is 0 Å². The van der Waals surface area contributed by atoms with E-state index in [0.29, 0.717) is 24.7 Å². The second-order valence-electron chi connectivity index (χ2n) is 9.82. The summed E-state index contributed by atoms with van der Waals surface area (Å²) < 4.78 is 21.0. The van der Waals surface area contributed by atoms with Crippen LogP contribution in [0, 0.1) is 6.92 Å². The minimum absolute atomic E-state index is 0.0570. The van der Waals surface area contributed by atoms with Crippen LogP contribution in [0.2, 0.25) is 0 Å². The number of aromatic amines is 1. The molecule has 1 aliphatic rings. The molecule has 0 fully saturated rings. The first-order valence-electron chi connectivity index (χ1n) is 13.3. The Labute approximate surface area is 233 Å². The van der Waals surface area contributed by atoms with Gasteiger partial charge in [-0.25, -0.2) is 4.98 Å². The number of aryl methyl sites for hydroxylation is 1. The van der Waals surface area contributed by atoms with Crippen molar-refractivity contribution in [1.29, 1.82) is 0 Å². The van der Waals surface area contributed by atoms with E-state index in [1.54, 1.807) is 26.0 Å². The molecule has 1 atom stereocenters. The molecule has 206 valence electrons. The largest absolute Gasteiger partial charge is 0.486 e. The maximum atomic E-state index is 11.4. The van der Waals surface area contributed by atoms with Crippen molar-refractivity contribution in [3.05, 3.63) is 87.8 Å². The van der Waals surface area contributed by atoms with E-state index >= 15 is 0 Å². The zero-order valence-electron chi connectivity index (χ0n) is 23.1. The van der Waals surface area contributed by atoms with Crippen LogP contribution in [-0.4, -0.2) is 26.7 Å². The summed E-state index contributed by atoms with van der Waals surface area (Å²) in [5.74, 6) is 2.78. The van der Waals surface area contributed by atoms with Gasteiger partial charge in [-0.2, -0.15) is 0 Å². The van der Waals surface area contributed by atoms with Crippen molar-refractivity contribution in [3.8, 4) is 33.6 Å². The Hall–Kier alpha value is -3.62. The molecular weight excluding hydrogens is 512 g/mol. The van der Waals surface area contributed by atoms with E-state index in [0.717, 1.165) is 51.6 Å². The van der Waals surface area contributed by atoms with Crippen molar-refractivity contribution in [2.75, 3.05) is 6.61 Å². The fourth-order valence-electron chi connectivity index (χ4n) is 4.33. The molecule has 0 saturated carbocycles. The summed E-state index contributed by atoms with van der Waals surface area (Å²) in [5, 5.41) is 9.85. The van der Waals surface area contributed by atoms with Gasteiger partial charge in [-0.1, -0.05) is 37.5 Å². The second-order valence-corrected chi connectivity index (χ2v) is 10.7. The van der Waals surface area contributed by atoms with E-state index in [-0.39, 0.29) is 11.7 Å². The lowest BCUT2D eigenvalue weighted by molar-refractivity contribution is 0.0546. The van der Waals surface area contributed by atoms with Crippen LogP contribution in [0.1, 0.15) is 63.5 Å². The SMILES string of the molecule is CC.Cc1nc(OCCC(C)(C)O)ccc1Oc1cccc2c1CCC2Oc1ccc(-c2cc(=O)[nH]s2)cc1. The molecule has 2 aromatic heterocycles. The highest BCUT2D eigenvalue weighted by Crippen LogP contribution is 2.41. The standard InChI is InChI=1S/C29H30N2O5S.C2H6/c1-18-23(13-14-28(30-18)34-16-15-29(2,3)33)36-24-6-4-5-21-22(24)11-12-25(21)35-20-9-7-19(8-10-20)26-17-27(32)31-37-26;1-2/h4-10,13-14,17,25,33H,11-12,15-16H2,1-3H3,(H,31,32);1-2H3. The monoisotopic (exact) mass is 548 g/mol. The van der Waals surface area contributed by atoms with Crippen LogP contribution in [0.3, 0.4) is 0 Å². The van der Waals surface area contributed by atoms with E-state index in [2.05, 4.69) is 15.4 Å². The van der Waals surface area contributed by atoms with Gasteiger partial charge in [-0.05, 0) is 81.1 Å².